The summed E-state index contributed by atoms with van der Waals surface area (Å²) in [5.74, 6) is 0.263. The normalized spacial score (nSPS) is 10.5. The molecule has 0 aliphatic heterocycles. The van der Waals surface area contributed by atoms with Gasteiger partial charge in [-0.05, 0) is 30.3 Å². The molecule has 2 heterocycles. The Morgan fingerprint density at radius 3 is 2.78 bits per heavy atom. The highest BCUT2D eigenvalue weighted by Gasteiger charge is 2.08. The van der Waals surface area contributed by atoms with Crippen molar-refractivity contribution in [2.24, 2.45) is 7.05 Å². The van der Waals surface area contributed by atoms with Gasteiger partial charge >= 0.3 is 6.03 Å². The summed E-state index contributed by atoms with van der Waals surface area (Å²) in [4.78, 5) is 15.9. The van der Waals surface area contributed by atoms with Crippen LogP contribution in [0.1, 0.15) is 5.82 Å². The summed E-state index contributed by atoms with van der Waals surface area (Å²) in [6, 6.07) is 7.58. The minimum atomic E-state index is -0.405. The third kappa shape index (κ3) is 3.37. The number of aromatic nitrogens is 4. The van der Waals surface area contributed by atoms with E-state index < -0.39 is 6.03 Å². The van der Waals surface area contributed by atoms with Crippen molar-refractivity contribution in [3.8, 4) is 5.69 Å². The van der Waals surface area contributed by atoms with Gasteiger partial charge in [0.25, 0.3) is 0 Å². The molecule has 7 nitrogen and oxygen atoms in total. The van der Waals surface area contributed by atoms with E-state index in [1.54, 1.807) is 46.9 Å². The quantitative estimate of drug-likeness (QED) is 0.774. The predicted octanol–water partition coefficient (Wildman–Crippen LogP) is 2.07. The average Bonchev–Trinajstić information content (AvgIpc) is 3.19. The van der Waals surface area contributed by atoms with Gasteiger partial charge in [0.1, 0.15) is 18.0 Å². The second kappa shape index (κ2) is 6.30. The van der Waals surface area contributed by atoms with Crippen molar-refractivity contribution in [2.45, 2.75) is 6.54 Å². The lowest BCUT2D eigenvalue weighted by molar-refractivity contribution is 0.251. The minimum Gasteiger partial charge on any atom is -0.331 e. The molecule has 8 heteroatoms. The lowest BCUT2D eigenvalue weighted by atomic mass is 10.2. The zero-order valence-corrected chi connectivity index (χ0v) is 12.4. The van der Waals surface area contributed by atoms with E-state index in [1.807, 2.05) is 0 Å². The largest absolute Gasteiger partial charge is 0.331 e. The first-order valence-corrected chi connectivity index (χ1v) is 6.94. The third-order valence-electron chi connectivity index (χ3n) is 3.30. The molecule has 0 fully saturated rings. The molecule has 2 N–H and O–H groups in total. The molecule has 0 radical (unpaired) electrons. The molecule has 0 bridgehead atoms. The second-order valence-corrected chi connectivity index (χ2v) is 4.86. The maximum Gasteiger partial charge on any atom is 0.319 e. The van der Waals surface area contributed by atoms with Gasteiger partial charge in [0, 0.05) is 25.1 Å². The van der Waals surface area contributed by atoms with Crippen molar-refractivity contribution in [3.63, 3.8) is 0 Å². The van der Waals surface area contributed by atoms with Crippen LogP contribution in [0.4, 0.5) is 14.9 Å². The number of hydrogen-bond acceptors (Lipinski definition) is 3. The number of carbonyl (C=O) groups is 1. The van der Waals surface area contributed by atoms with Crippen LogP contribution in [-0.2, 0) is 13.6 Å². The van der Waals surface area contributed by atoms with Gasteiger partial charge in [-0.25, -0.2) is 14.2 Å². The van der Waals surface area contributed by atoms with Gasteiger partial charge in [0.15, 0.2) is 0 Å². The third-order valence-corrected chi connectivity index (χ3v) is 3.30. The number of nitrogens with one attached hydrogen (secondary N) is 2. The SMILES string of the molecule is Cn1ncnc1CNC(=O)Nc1ccc(F)c(-n2cccc2)c1. The number of anilines is 1. The summed E-state index contributed by atoms with van der Waals surface area (Å²) >= 11 is 0. The molecule has 1 aromatic carbocycles. The molecule has 0 aliphatic rings. The van der Waals surface area contributed by atoms with Gasteiger partial charge in [-0.15, -0.1) is 0 Å². The van der Waals surface area contributed by atoms with Crippen molar-refractivity contribution >= 4 is 11.7 Å². The van der Waals surface area contributed by atoms with Crippen LogP contribution < -0.4 is 10.6 Å². The fourth-order valence-electron chi connectivity index (χ4n) is 2.10. The lowest BCUT2D eigenvalue weighted by Gasteiger charge is -2.10. The fourth-order valence-corrected chi connectivity index (χ4v) is 2.10. The molecule has 0 saturated heterocycles. The summed E-state index contributed by atoms with van der Waals surface area (Å²) in [5, 5.41) is 9.25. The maximum absolute atomic E-state index is 13.9. The standard InChI is InChI=1S/C15H15FN6O/c1-21-14(18-10-19-21)9-17-15(23)20-11-4-5-12(16)13(8-11)22-6-2-3-7-22/h2-8,10H,9H2,1H3,(H2,17,20,23). The van der Waals surface area contributed by atoms with E-state index in [1.165, 1.54) is 18.5 Å². The Labute approximate surface area is 131 Å². The molecule has 0 unspecified atom stereocenters. The van der Waals surface area contributed by atoms with E-state index >= 15 is 0 Å². The zero-order chi connectivity index (χ0) is 16.2. The van der Waals surface area contributed by atoms with Gasteiger partial charge in [-0.2, -0.15) is 5.10 Å². The van der Waals surface area contributed by atoms with Crippen LogP contribution in [0.25, 0.3) is 5.69 Å². The Hall–Kier alpha value is -3.16. The number of aryl methyl sites for hydroxylation is 1. The van der Waals surface area contributed by atoms with Crippen molar-refractivity contribution in [1.82, 2.24) is 24.6 Å². The Bertz CT molecular complexity index is 811. The Kier molecular flexibility index (Phi) is 4.05. The van der Waals surface area contributed by atoms with Crippen molar-refractivity contribution in [1.29, 1.82) is 0 Å². The van der Waals surface area contributed by atoms with E-state index in [4.69, 9.17) is 0 Å². The van der Waals surface area contributed by atoms with Crippen molar-refractivity contribution in [2.75, 3.05) is 5.32 Å². The summed E-state index contributed by atoms with van der Waals surface area (Å²) < 4.78 is 17.1. The molecule has 118 valence electrons. The Morgan fingerprint density at radius 1 is 1.30 bits per heavy atom. The molecule has 0 atom stereocenters. The van der Waals surface area contributed by atoms with Crippen LogP contribution in [0.3, 0.4) is 0 Å². The first-order chi connectivity index (χ1) is 11.1. The number of halogens is 1. The smallest absolute Gasteiger partial charge is 0.319 e. The van der Waals surface area contributed by atoms with Crippen LogP contribution in [0, 0.1) is 5.82 Å². The van der Waals surface area contributed by atoms with Crippen LogP contribution >= 0.6 is 0 Å². The number of hydrogen-bond donors (Lipinski definition) is 2. The molecular formula is C15H15FN6O. The zero-order valence-electron chi connectivity index (χ0n) is 12.4. The number of nitrogens with zero attached hydrogens (tertiary/aromatic N) is 4. The van der Waals surface area contributed by atoms with Crippen LogP contribution in [-0.4, -0.2) is 25.4 Å². The molecular weight excluding hydrogens is 299 g/mol. The van der Waals surface area contributed by atoms with Gasteiger partial charge in [-0.3, -0.25) is 4.68 Å². The summed E-state index contributed by atoms with van der Waals surface area (Å²) in [5.41, 5.74) is 0.853. The topological polar surface area (TPSA) is 76.8 Å². The minimum absolute atomic E-state index is 0.244. The first kappa shape index (κ1) is 14.8. The molecule has 3 aromatic rings. The van der Waals surface area contributed by atoms with Crippen molar-refractivity contribution < 1.29 is 9.18 Å². The van der Waals surface area contributed by atoms with Crippen molar-refractivity contribution in [3.05, 3.63) is 60.7 Å². The summed E-state index contributed by atoms with van der Waals surface area (Å²) in [6.45, 7) is 0.244. The number of benzene rings is 1. The first-order valence-electron chi connectivity index (χ1n) is 6.94. The average molecular weight is 314 g/mol. The van der Waals surface area contributed by atoms with Crippen LogP contribution in [0.5, 0.6) is 0 Å². The molecule has 2 amide bonds. The Morgan fingerprint density at radius 2 is 2.09 bits per heavy atom. The van der Waals surface area contributed by atoms with Crippen LogP contribution in [0.15, 0.2) is 49.1 Å². The lowest BCUT2D eigenvalue weighted by Crippen LogP contribution is -2.29. The van der Waals surface area contributed by atoms with Gasteiger partial charge < -0.3 is 15.2 Å². The summed E-state index contributed by atoms with van der Waals surface area (Å²) in [6.07, 6.45) is 4.88. The van der Waals surface area contributed by atoms with Crippen LogP contribution in [0.2, 0.25) is 0 Å². The number of carbonyl (C=O) groups excluding carboxylic acids is 1. The molecule has 23 heavy (non-hydrogen) atoms. The maximum atomic E-state index is 13.9. The molecule has 0 spiro atoms. The summed E-state index contributed by atoms with van der Waals surface area (Å²) in [7, 11) is 1.74. The van der Waals surface area contributed by atoms with E-state index in [0.717, 1.165) is 0 Å². The van der Waals surface area contributed by atoms with E-state index in [-0.39, 0.29) is 12.4 Å². The molecule has 3 rings (SSSR count). The predicted molar refractivity (Wildman–Crippen MR) is 82.6 cm³/mol. The monoisotopic (exact) mass is 314 g/mol. The van der Waals surface area contributed by atoms with Gasteiger partial charge in [0.05, 0.1) is 12.2 Å². The number of rotatable bonds is 4. The molecule has 0 aliphatic carbocycles. The van der Waals surface area contributed by atoms with E-state index in [9.17, 15) is 9.18 Å². The van der Waals surface area contributed by atoms with Gasteiger partial charge in [0.2, 0.25) is 0 Å². The number of amides is 2. The van der Waals surface area contributed by atoms with Gasteiger partial charge in [-0.1, -0.05) is 0 Å². The highest BCUT2D eigenvalue weighted by Crippen LogP contribution is 2.18. The Balaban J connectivity index is 1.67. The highest BCUT2D eigenvalue weighted by molar-refractivity contribution is 5.89. The number of urea groups is 1. The second-order valence-electron chi connectivity index (χ2n) is 4.86. The fraction of sp³-hybridized carbons (Fsp3) is 0.133. The van der Waals surface area contributed by atoms with E-state index in [2.05, 4.69) is 20.7 Å². The molecule has 2 aromatic heterocycles. The highest BCUT2D eigenvalue weighted by atomic mass is 19.1. The van der Waals surface area contributed by atoms with E-state index in [0.29, 0.717) is 17.2 Å². The molecule has 0 saturated carbocycles.